The number of carbonyl (C=O) groups excluding carboxylic acids is 1. The number of hydrogen-bond acceptors (Lipinski definition) is 2. The Morgan fingerprint density at radius 1 is 0.680 bits per heavy atom. The van der Waals surface area contributed by atoms with E-state index < -0.39 is 0 Å². The summed E-state index contributed by atoms with van der Waals surface area (Å²) in [7, 11) is 0. The highest BCUT2D eigenvalue weighted by Crippen LogP contribution is 2.34. The van der Waals surface area contributed by atoms with Gasteiger partial charge >= 0.3 is 0 Å². The zero-order valence-electron chi connectivity index (χ0n) is 13.5. The first-order valence-corrected chi connectivity index (χ1v) is 8.12. The highest BCUT2D eigenvalue weighted by atomic mass is 16.1. The molecule has 0 saturated heterocycles. The molecule has 120 valence electrons. The number of carbonyl (C=O) groups is 1. The van der Waals surface area contributed by atoms with Gasteiger partial charge < -0.3 is 0 Å². The quantitative estimate of drug-likeness (QED) is 0.494. The number of benzene rings is 3. The third-order valence-electron chi connectivity index (χ3n) is 4.12. The van der Waals surface area contributed by atoms with Crippen LogP contribution in [0.1, 0.15) is 10.6 Å². The molecule has 3 heteroatoms. The van der Waals surface area contributed by atoms with Crippen LogP contribution in [0.2, 0.25) is 0 Å². The fourth-order valence-corrected chi connectivity index (χ4v) is 3.01. The fraction of sp³-hybridized carbons (Fsp3) is 0. The molecule has 1 aromatic heterocycles. The van der Waals surface area contributed by atoms with Crippen LogP contribution in [-0.2, 0) is 0 Å². The third-order valence-corrected chi connectivity index (χ3v) is 4.12. The monoisotopic (exact) mass is 324 g/mol. The molecule has 0 aliphatic rings. The van der Waals surface area contributed by atoms with E-state index in [9.17, 15) is 4.79 Å². The fourth-order valence-electron chi connectivity index (χ4n) is 3.01. The maximum Gasteiger partial charge on any atom is 0.185 e. The number of nitrogens with zero attached hydrogens (tertiary/aromatic N) is 2. The lowest BCUT2D eigenvalue weighted by atomic mass is 10.0. The van der Waals surface area contributed by atoms with Crippen LogP contribution in [-0.4, -0.2) is 15.8 Å². The minimum absolute atomic E-state index is 0.393. The standard InChI is InChI=1S/C22H16N2O/c25-16-20-23-21(17-10-4-1-5-11-17)22(18-12-6-2-7-13-18)24(20)19-14-8-3-9-15-19/h1-16H. The lowest BCUT2D eigenvalue weighted by Gasteiger charge is -2.11. The van der Waals surface area contributed by atoms with Crippen molar-refractivity contribution in [3.63, 3.8) is 0 Å². The van der Waals surface area contributed by atoms with Crippen LogP contribution >= 0.6 is 0 Å². The summed E-state index contributed by atoms with van der Waals surface area (Å²) in [4.78, 5) is 16.4. The van der Waals surface area contributed by atoms with Gasteiger partial charge in [-0.3, -0.25) is 9.36 Å². The molecule has 0 spiro atoms. The molecule has 0 saturated carbocycles. The molecular weight excluding hydrogens is 308 g/mol. The molecular formula is C22H16N2O. The van der Waals surface area contributed by atoms with Gasteiger partial charge in [0.2, 0.25) is 0 Å². The van der Waals surface area contributed by atoms with Crippen molar-refractivity contribution >= 4 is 6.29 Å². The molecule has 0 atom stereocenters. The second kappa shape index (κ2) is 6.57. The minimum atomic E-state index is 0.393. The highest BCUT2D eigenvalue weighted by molar-refractivity contribution is 5.85. The van der Waals surface area contributed by atoms with Crippen LogP contribution in [0.15, 0.2) is 91.0 Å². The number of para-hydroxylation sites is 1. The van der Waals surface area contributed by atoms with Crippen LogP contribution in [0.4, 0.5) is 0 Å². The van der Waals surface area contributed by atoms with E-state index in [1.807, 2.05) is 95.6 Å². The third kappa shape index (κ3) is 2.76. The molecule has 0 aliphatic carbocycles. The van der Waals surface area contributed by atoms with Gasteiger partial charge in [0.1, 0.15) is 0 Å². The van der Waals surface area contributed by atoms with E-state index in [1.165, 1.54) is 0 Å². The number of imidazole rings is 1. The second-order valence-corrected chi connectivity index (χ2v) is 5.69. The summed E-state index contributed by atoms with van der Waals surface area (Å²) in [5.74, 6) is 0.393. The Morgan fingerprint density at radius 3 is 1.76 bits per heavy atom. The molecule has 3 nitrogen and oxygen atoms in total. The van der Waals surface area contributed by atoms with E-state index in [0.29, 0.717) is 5.82 Å². The minimum Gasteiger partial charge on any atom is -0.294 e. The van der Waals surface area contributed by atoms with Gasteiger partial charge in [0.15, 0.2) is 12.1 Å². The molecule has 25 heavy (non-hydrogen) atoms. The molecule has 0 N–H and O–H groups in total. The molecule has 1 heterocycles. The Hall–Kier alpha value is -3.46. The van der Waals surface area contributed by atoms with Crippen molar-refractivity contribution in [2.45, 2.75) is 0 Å². The maximum absolute atomic E-state index is 11.7. The van der Waals surface area contributed by atoms with Gasteiger partial charge in [-0.15, -0.1) is 0 Å². The zero-order valence-corrected chi connectivity index (χ0v) is 13.5. The topological polar surface area (TPSA) is 34.9 Å². The number of aldehydes is 1. The molecule has 0 bridgehead atoms. The van der Waals surface area contributed by atoms with E-state index in [2.05, 4.69) is 4.98 Å². The van der Waals surface area contributed by atoms with E-state index in [-0.39, 0.29) is 0 Å². The SMILES string of the molecule is O=Cc1nc(-c2ccccc2)c(-c2ccccc2)n1-c1ccccc1. The van der Waals surface area contributed by atoms with Gasteiger partial charge in [0.25, 0.3) is 0 Å². The van der Waals surface area contributed by atoms with E-state index in [1.54, 1.807) is 0 Å². The lowest BCUT2D eigenvalue weighted by Crippen LogP contribution is -2.02. The molecule has 0 unspecified atom stereocenters. The molecule has 4 aromatic rings. The first kappa shape index (κ1) is 15.1. The predicted octanol–water partition coefficient (Wildman–Crippen LogP) is 5.02. The summed E-state index contributed by atoms with van der Waals surface area (Å²) >= 11 is 0. The summed E-state index contributed by atoms with van der Waals surface area (Å²) in [5.41, 5.74) is 4.64. The van der Waals surface area contributed by atoms with Crippen molar-refractivity contribution < 1.29 is 4.79 Å². The van der Waals surface area contributed by atoms with Crippen molar-refractivity contribution in [3.8, 4) is 28.2 Å². The van der Waals surface area contributed by atoms with Gasteiger partial charge in [-0.2, -0.15) is 0 Å². The lowest BCUT2D eigenvalue weighted by molar-refractivity contribution is 0.111. The first-order chi connectivity index (χ1) is 12.4. The molecule has 0 radical (unpaired) electrons. The van der Waals surface area contributed by atoms with Crippen LogP contribution in [0.3, 0.4) is 0 Å². The molecule has 0 aliphatic heterocycles. The molecule has 0 amide bonds. The number of hydrogen-bond donors (Lipinski definition) is 0. The van der Waals surface area contributed by atoms with Gasteiger partial charge in [-0.05, 0) is 12.1 Å². The van der Waals surface area contributed by atoms with E-state index in [0.717, 1.165) is 34.5 Å². The summed E-state index contributed by atoms with van der Waals surface area (Å²) in [5, 5.41) is 0. The Bertz CT molecular complexity index is 990. The van der Waals surface area contributed by atoms with Crippen molar-refractivity contribution in [3.05, 3.63) is 96.8 Å². The van der Waals surface area contributed by atoms with E-state index in [4.69, 9.17) is 0 Å². The first-order valence-electron chi connectivity index (χ1n) is 8.12. The maximum atomic E-state index is 11.7. The summed E-state index contributed by atoms with van der Waals surface area (Å²) in [6.45, 7) is 0. The molecule has 0 fully saturated rings. The predicted molar refractivity (Wildman–Crippen MR) is 99.8 cm³/mol. The number of aromatic nitrogens is 2. The Morgan fingerprint density at radius 2 is 1.20 bits per heavy atom. The number of rotatable bonds is 4. The summed E-state index contributed by atoms with van der Waals surface area (Å²) in [6.07, 6.45) is 0.811. The van der Waals surface area contributed by atoms with Crippen molar-refractivity contribution in [1.82, 2.24) is 9.55 Å². The second-order valence-electron chi connectivity index (χ2n) is 5.69. The van der Waals surface area contributed by atoms with Gasteiger partial charge in [0.05, 0.1) is 11.4 Å². The van der Waals surface area contributed by atoms with Crippen molar-refractivity contribution in [2.75, 3.05) is 0 Å². The smallest absolute Gasteiger partial charge is 0.185 e. The van der Waals surface area contributed by atoms with Crippen LogP contribution in [0.5, 0.6) is 0 Å². The van der Waals surface area contributed by atoms with Crippen molar-refractivity contribution in [2.24, 2.45) is 0 Å². The van der Waals surface area contributed by atoms with Crippen molar-refractivity contribution in [1.29, 1.82) is 0 Å². The summed E-state index contributed by atoms with van der Waals surface area (Å²) < 4.78 is 1.92. The van der Waals surface area contributed by atoms with Crippen LogP contribution in [0.25, 0.3) is 28.2 Å². The zero-order chi connectivity index (χ0) is 17.1. The Balaban J connectivity index is 2.07. The van der Waals surface area contributed by atoms with Gasteiger partial charge in [-0.25, -0.2) is 4.98 Å². The highest BCUT2D eigenvalue weighted by Gasteiger charge is 2.20. The molecule has 3 aromatic carbocycles. The Kier molecular flexibility index (Phi) is 3.97. The average molecular weight is 324 g/mol. The van der Waals surface area contributed by atoms with Crippen LogP contribution in [0, 0.1) is 0 Å². The van der Waals surface area contributed by atoms with Crippen LogP contribution < -0.4 is 0 Å². The van der Waals surface area contributed by atoms with E-state index >= 15 is 0 Å². The van der Waals surface area contributed by atoms with Gasteiger partial charge in [0, 0.05) is 16.8 Å². The normalized spacial score (nSPS) is 10.6. The van der Waals surface area contributed by atoms with Gasteiger partial charge in [-0.1, -0.05) is 78.9 Å². The largest absolute Gasteiger partial charge is 0.294 e. The average Bonchev–Trinajstić information content (AvgIpc) is 3.10. The molecule has 4 rings (SSSR count). The Labute approximate surface area is 146 Å². The summed E-state index contributed by atoms with van der Waals surface area (Å²) in [6, 6.07) is 29.8.